The number of anilines is 3. The van der Waals surface area contributed by atoms with E-state index in [2.05, 4.69) is 10.6 Å². The van der Waals surface area contributed by atoms with Gasteiger partial charge in [0.15, 0.2) is 0 Å². The molecule has 0 aliphatic carbocycles. The van der Waals surface area contributed by atoms with E-state index in [1.807, 2.05) is 6.92 Å². The Balaban J connectivity index is 1.43. The third-order valence-electron chi connectivity index (χ3n) is 5.96. The Bertz CT molecular complexity index is 1650. The summed E-state index contributed by atoms with van der Waals surface area (Å²) in [5.41, 5.74) is 1.18. The fourth-order valence-corrected chi connectivity index (χ4v) is 4.52. The Morgan fingerprint density at radius 3 is 2.22 bits per heavy atom. The van der Waals surface area contributed by atoms with Crippen molar-refractivity contribution >= 4 is 62.4 Å². The van der Waals surface area contributed by atoms with E-state index in [9.17, 15) is 27.6 Å². The predicted molar refractivity (Wildman–Crippen MR) is 153 cm³/mol. The highest BCUT2D eigenvalue weighted by molar-refractivity contribution is 7.89. The van der Waals surface area contributed by atoms with Crippen molar-refractivity contribution in [3.63, 3.8) is 0 Å². The molecule has 13 heteroatoms. The minimum absolute atomic E-state index is 0.0879. The normalized spacial score (nSPS) is 13.4. The molecule has 3 aromatic carbocycles. The lowest BCUT2D eigenvalue weighted by atomic mass is 10.1. The third kappa shape index (κ3) is 6.80. The summed E-state index contributed by atoms with van der Waals surface area (Å²) in [7, 11) is -3.85. The molecule has 1 heterocycles. The number of esters is 1. The topological polar surface area (TPSA) is 165 Å². The van der Waals surface area contributed by atoms with Gasteiger partial charge in [0, 0.05) is 16.9 Å². The Labute approximate surface area is 241 Å². The van der Waals surface area contributed by atoms with E-state index < -0.39 is 33.7 Å². The Morgan fingerprint density at radius 2 is 1.59 bits per heavy atom. The molecule has 0 bridgehead atoms. The number of primary sulfonamides is 1. The van der Waals surface area contributed by atoms with Gasteiger partial charge in [0.25, 0.3) is 17.7 Å². The second-order valence-electron chi connectivity index (χ2n) is 8.90. The number of halogens is 1. The first-order chi connectivity index (χ1) is 19.5. The van der Waals surface area contributed by atoms with Crippen molar-refractivity contribution in [3.8, 4) is 0 Å². The second-order valence-corrected chi connectivity index (χ2v) is 10.8. The van der Waals surface area contributed by atoms with Crippen LogP contribution in [0.1, 0.15) is 40.5 Å². The summed E-state index contributed by atoms with van der Waals surface area (Å²) in [5, 5.41) is 10.2. The molecule has 4 N–H and O–H groups in total. The second kappa shape index (κ2) is 12.3. The maximum atomic E-state index is 13.2. The van der Waals surface area contributed by atoms with Crippen LogP contribution in [-0.2, 0) is 24.3 Å². The molecular formula is C28H25ClN4O7S. The number of ether oxygens (including phenoxy) is 1. The zero-order valence-corrected chi connectivity index (χ0v) is 23.3. The Kier molecular flexibility index (Phi) is 8.86. The van der Waals surface area contributed by atoms with Crippen LogP contribution in [0, 0.1) is 0 Å². The van der Waals surface area contributed by atoms with E-state index in [0.29, 0.717) is 17.8 Å². The molecule has 0 unspecified atom stereocenters. The number of unbranched alkanes of at least 4 members (excludes halogenated alkanes) is 1. The third-order valence-corrected chi connectivity index (χ3v) is 7.24. The van der Waals surface area contributed by atoms with Crippen LogP contribution in [0.4, 0.5) is 17.1 Å². The number of rotatable bonds is 10. The fraction of sp³-hybridized carbons (Fsp3) is 0.143. The Morgan fingerprint density at radius 1 is 0.927 bits per heavy atom. The fourth-order valence-electron chi connectivity index (χ4n) is 3.79. The van der Waals surface area contributed by atoms with Gasteiger partial charge in [-0.05, 0) is 73.2 Å². The van der Waals surface area contributed by atoms with E-state index in [0.717, 1.165) is 11.3 Å². The lowest BCUT2D eigenvalue weighted by Gasteiger charge is -2.16. The molecule has 3 amide bonds. The summed E-state index contributed by atoms with van der Waals surface area (Å²) >= 11 is 6.22. The monoisotopic (exact) mass is 596 g/mol. The van der Waals surface area contributed by atoms with Crippen LogP contribution >= 0.6 is 11.6 Å². The van der Waals surface area contributed by atoms with Crippen LogP contribution in [0.3, 0.4) is 0 Å². The van der Waals surface area contributed by atoms with Crippen molar-refractivity contribution in [1.82, 2.24) is 0 Å². The number of carbonyl (C=O) groups is 4. The maximum absolute atomic E-state index is 13.2. The smallest absolute Gasteiger partial charge is 0.338 e. The summed E-state index contributed by atoms with van der Waals surface area (Å²) in [4.78, 5) is 51.7. The van der Waals surface area contributed by atoms with Crippen molar-refractivity contribution in [1.29, 1.82) is 0 Å². The predicted octanol–water partition coefficient (Wildman–Crippen LogP) is 3.98. The van der Waals surface area contributed by atoms with Gasteiger partial charge in [-0.1, -0.05) is 31.0 Å². The van der Waals surface area contributed by atoms with Gasteiger partial charge in [-0.25, -0.2) is 23.3 Å². The average molecular weight is 597 g/mol. The largest absolute Gasteiger partial charge is 0.462 e. The van der Waals surface area contributed by atoms with Crippen molar-refractivity contribution < 1.29 is 32.3 Å². The SMILES string of the molecule is CCCCOC(=O)c1cccc(N2C(=O)C(Cl)=C(Nc3ccc(C(=O)Nc4ccc(S(N)(=O)=O)cc4)cc3)C2=O)c1. The van der Waals surface area contributed by atoms with E-state index in [1.165, 1.54) is 72.8 Å². The van der Waals surface area contributed by atoms with Crippen LogP contribution in [-0.4, -0.2) is 38.7 Å². The summed E-state index contributed by atoms with van der Waals surface area (Å²) in [5.74, 6) is -2.52. The molecule has 0 aromatic heterocycles. The van der Waals surface area contributed by atoms with Crippen LogP contribution < -0.4 is 20.7 Å². The van der Waals surface area contributed by atoms with Crippen LogP contribution in [0.5, 0.6) is 0 Å². The van der Waals surface area contributed by atoms with Gasteiger partial charge in [-0.3, -0.25) is 14.4 Å². The first kappa shape index (κ1) is 29.5. The van der Waals surface area contributed by atoms with E-state index in [4.69, 9.17) is 21.5 Å². The number of sulfonamides is 1. The zero-order valence-electron chi connectivity index (χ0n) is 21.7. The quantitative estimate of drug-likeness (QED) is 0.180. The molecule has 1 aliphatic rings. The number of imide groups is 1. The van der Waals surface area contributed by atoms with Gasteiger partial charge >= 0.3 is 5.97 Å². The maximum Gasteiger partial charge on any atom is 0.338 e. The number of nitrogens with zero attached hydrogens (tertiary/aromatic N) is 1. The molecular weight excluding hydrogens is 572 g/mol. The van der Waals surface area contributed by atoms with Gasteiger partial charge in [0.05, 0.1) is 22.8 Å². The number of nitrogens with one attached hydrogen (secondary N) is 2. The molecule has 0 saturated heterocycles. The van der Waals surface area contributed by atoms with Crippen molar-refractivity contribution in [3.05, 3.63) is 94.7 Å². The number of hydrogen-bond acceptors (Lipinski definition) is 8. The van der Waals surface area contributed by atoms with Gasteiger partial charge in [-0.15, -0.1) is 0 Å². The highest BCUT2D eigenvalue weighted by Crippen LogP contribution is 2.31. The van der Waals surface area contributed by atoms with Gasteiger partial charge in [0.1, 0.15) is 10.7 Å². The Hall–Kier alpha value is -4.52. The number of carbonyl (C=O) groups excluding carboxylic acids is 4. The molecule has 11 nitrogen and oxygen atoms in total. The van der Waals surface area contributed by atoms with Crippen LogP contribution in [0.15, 0.2) is 88.4 Å². The molecule has 4 rings (SSSR count). The van der Waals surface area contributed by atoms with Gasteiger partial charge < -0.3 is 15.4 Å². The standard InChI is InChI=1S/C28H25ClN4O7S/c1-2-3-15-40-28(37)18-5-4-6-21(16-18)33-26(35)23(29)24(27(33)36)31-19-9-7-17(8-10-19)25(34)32-20-11-13-22(14-12-20)41(30,38)39/h4-14,16,31H,2-3,15H2,1H3,(H,32,34)(H2,30,38,39). The summed E-state index contributed by atoms with van der Waals surface area (Å²) in [6, 6.07) is 17.3. The number of benzene rings is 3. The molecule has 0 atom stereocenters. The van der Waals surface area contributed by atoms with E-state index in [1.54, 1.807) is 0 Å². The first-order valence-corrected chi connectivity index (χ1v) is 14.3. The number of nitrogens with two attached hydrogens (primary N) is 1. The number of hydrogen-bond donors (Lipinski definition) is 3. The van der Waals surface area contributed by atoms with Crippen molar-refractivity contribution in [2.24, 2.45) is 5.14 Å². The molecule has 0 radical (unpaired) electrons. The minimum Gasteiger partial charge on any atom is -0.462 e. The van der Waals surface area contributed by atoms with Gasteiger partial charge in [0.2, 0.25) is 10.0 Å². The molecule has 212 valence electrons. The minimum atomic E-state index is -3.85. The van der Waals surface area contributed by atoms with Gasteiger partial charge in [-0.2, -0.15) is 0 Å². The van der Waals surface area contributed by atoms with Crippen molar-refractivity contribution in [2.75, 3.05) is 22.1 Å². The summed E-state index contributed by atoms with van der Waals surface area (Å²) in [6.07, 6.45) is 1.58. The lowest BCUT2D eigenvalue weighted by molar-refractivity contribution is -0.120. The summed E-state index contributed by atoms with van der Waals surface area (Å²) in [6.45, 7) is 2.23. The van der Waals surface area contributed by atoms with Crippen LogP contribution in [0.2, 0.25) is 0 Å². The zero-order chi connectivity index (χ0) is 29.7. The lowest BCUT2D eigenvalue weighted by Crippen LogP contribution is -2.32. The number of amides is 3. The summed E-state index contributed by atoms with van der Waals surface area (Å²) < 4.78 is 28.0. The van der Waals surface area contributed by atoms with E-state index in [-0.39, 0.29) is 39.0 Å². The van der Waals surface area contributed by atoms with Crippen molar-refractivity contribution in [2.45, 2.75) is 24.7 Å². The average Bonchev–Trinajstić information content (AvgIpc) is 3.16. The molecule has 1 aliphatic heterocycles. The molecule has 41 heavy (non-hydrogen) atoms. The highest BCUT2D eigenvalue weighted by Gasteiger charge is 2.39. The molecule has 0 fully saturated rings. The molecule has 0 saturated carbocycles. The molecule has 0 spiro atoms. The van der Waals surface area contributed by atoms with E-state index >= 15 is 0 Å². The highest BCUT2D eigenvalue weighted by atomic mass is 35.5. The molecule has 3 aromatic rings. The first-order valence-electron chi connectivity index (χ1n) is 12.4. The van der Waals surface area contributed by atoms with Crippen LogP contribution in [0.25, 0.3) is 0 Å².